The Kier molecular flexibility index (Phi) is 7.03. The van der Waals surface area contributed by atoms with Crippen LogP contribution in [-0.2, 0) is 14.5 Å². The van der Waals surface area contributed by atoms with Crippen LogP contribution in [-0.4, -0.2) is 47.6 Å². The van der Waals surface area contributed by atoms with Gasteiger partial charge in [0, 0.05) is 24.2 Å². The van der Waals surface area contributed by atoms with Gasteiger partial charge in [-0.2, -0.15) is 8.42 Å². The molecule has 1 unspecified atom stereocenters. The zero-order valence-electron chi connectivity index (χ0n) is 18.1. The van der Waals surface area contributed by atoms with Crippen LogP contribution in [0.4, 0.5) is 10.2 Å². The van der Waals surface area contributed by atoms with E-state index in [0.29, 0.717) is 11.3 Å². The van der Waals surface area contributed by atoms with Crippen LogP contribution >= 0.6 is 11.6 Å². The van der Waals surface area contributed by atoms with Gasteiger partial charge >= 0.3 is 10.3 Å². The lowest BCUT2D eigenvalue weighted by Gasteiger charge is -2.17. The molecule has 13 heteroatoms. The van der Waals surface area contributed by atoms with Crippen molar-refractivity contribution in [3.63, 3.8) is 0 Å². The highest BCUT2D eigenvalue weighted by Gasteiger charge is 2.36. The van der Waals surface area contributed by atoms with Gasteiger partial charge < -0.3 is 14.3 Å². The third kappa shape index (κ3) is 5.63. The van der Waals surface area contributed by atoms with Gasteiger partial charge in [-0.1, -0.05) is 0 Å². The number of aromatic nitrogens is 3. The summed E-state index contributed by atoms with van der Waals surface area (Å²) in [5.74, 6) is 0.145. The Morgan fingerprint density at radius 1 is 1.41 bits per heavy atom. The van der Waals surface area contributed by atoms with Crippen LogP contribution in [0.3, 0.4) is 0 Å². The Morgan fingerprint density at radius 2 is 2.21 bits per heavy atom. The Hall–Kier alpha value is -2.80. The van der Waals surface area contributed by atoms with Crippen molar-refractivity contribution in [2.24, 2.45) is 11.1 Å². The monoisotopic (exact) mass is 511 g/mol. The first kappa shape index (κ1) is 24.3. The summed E-state index contributed by atoms with van der Waals surface area (Å²) >= 11 is 5.85. The van der Waals surface area contributed by atoms with E-state index in [1.54, 1.807) is 30.6 Å². The molecule has 0 aromatic carbocycles. The summed E-state index contributed by atoms with van der Waals surface area (Å²) in [6.07, 6.45) is 5.15. The third-order valence-electron chi connectivity index (χ3n) is 5.76. The molecule has 1 aliphatic carbocycles. The number of halogens is 2. The molecule has 0 spiro atoms. The molecule has 0 amide bonds. The maximum atomic E-state index is 14.6. The quantitative estimate of drug-likeness (QED) is 0.417. The second-order valence-corrected chi connectivity index (χ2v) is 9.75. The second kappa shape index (κ2) is 9.82. The Balaban J connectivity index is 1.47. The summed E-state index contributed by atoms with van der Waals surface area (Å²) < 4.78 is 48.5. The molecule has 182 valence electrons. The number of hydrogen-bond donors (Lipinski definition) is 2. The Morgan fingerprint density at radius 3 is 2.91 bits per heavy atom. The number of alkyl halides is 1. The number of nitrogens with one attached hydrogen (secondary N) is 1. The number of nitrogens with zero attached hydrogens (tertiary/aromatic N) is 3. The summed E-state index contributed by atoms with van der Waals surface area (Å²) in [5, 5.41) is 8.10. The molecule has 0 bridgehead atoms. The second-order valence-electron chi connectivity index (χ2n) is 8.16. The van der Waals surface area contributed by atoms with E-state index in [9.17, 15) is 17.6 Å². The van der Waals surface area contributed by atoms with Crippen LogP contribution in [0.5, 0.6) is 0 Å². The molecular formula is C21H23ClFN5O5S. The molecule has 3 aromatic rings. The molecule has 4 rings (SSSR count). The average molecular weight is 512 g/mol. The van der Waals surface area contributed by atoms with Gasteiger partial charge in [-0.05, 0) is 55.5 Å². The van der Waals surface area contributed by atoms with E-state index in [1.807, 2.05) is 11.5 Å². The fourth-order valence-electron chi connectivity index (χ4n) is 3.99. The highest BCUT2D eigenvalue weighted by atomic mass is 35.5. The van der Waals surface area contributed by atoms with Crippen molar-refractivity contribution in [3.8, 4) is 0 Å². The van der Waals surface area contributed by atoms with E-state index in [1.165, 1.54) is 12.5 Å². The van der Waals surface area contributed by atoms with Gasteiger partial charge in [-0.3, -0.25) is 8.98 Å². The van der Waals surface area contributed by atoms with E-state index in [4.69, 9.17) is 21.2 Å². The zero-order chi connectivity index (χ0) is 24.5. The fourth-order valence-corrected chi connectivity index (χ4v) is 4.53. The van der Waals surface area contributed by atoms with E-state index in [2.05, 4.69) is 19.5 Å². The molecule has 10 nitrogen and oxygen atoms in total. The molecule has 3 heterocycles. The van der Waals surface area contributed by atoms with Crippen LogP contribution in [0.25, 0.3) is 0 Å². The lowest BCUT2D eigenvalue weighted by atomic mass is 10.1. The van der Waals surface area contributed by atoms with Crippen LogP contribution in [0.1, 0.15) is 47.5 Å². The lowest BCUT2D eigenvalue weighted by Crippen LogP contribution is -2.27. The number of carbonyl (C=O) groups excluding carboxylic acids is 1. The van der Waals surface area contributed by atoms with Crippen LogP contribution in [0.15, 0.2) is 47.5 Å². The smallest absolute Gasteiger partial charge is 0.333 e. The van der Waals surface area contributed by atoms with Crippen LogP contribution in [0, 0.1) is 5.92 Å². The molecule has 0 radical (unpaired) electrons. The topological polar surface area (TPSA) is 142 Å². The maximum Gasteiger partial charge on any atom is 0.333 e. The van der Waals surface area contributed by atoms with Crippen molar-refractivity contribution in [3.05, 3.63) is 65.2 Å². The van der Waals surface area contributed by atoms with Gasteiger partial charge in [-0.15, -0.1) is 0 Å². The molecule has 1 aliphatic rings. The normalized spacial score (nSPS) is 21.5. The largest absolute Gasteiger partial charge is 0.448 e. The molecular weight excluding hydrogens is 489 g/mol. The molecule has 1 fully saturated rings. The summed E-state index contributed by atoms with van der Waals surface area (Å²) in [6, 6.07) is 4.20. The van der Waals surface area contributed by atoms with Gasteiger partial charge in [0.05, 0.1) is 24.3 Å². The molecule has 3 N–H and O–H groups in total. The van der Waals surface area contributed by atoms with Gasteiger partial charge in [0.2, 0.25) is 0 Å². The number of furan rings is 1. The van der Waals surface area contributed by atoms with Crippen molar-refractivity contribution in [1.29, 1.82) is 0 Å². The third-order valence-corrected chi connectivity index (χ3v) is 6.43. The standard InChI is InChI=1S/C21H23ClFN5O5S/c1-12(18-2-3-19(22)33-18)28-5-4-14(9-28)20(29)15-8-25-11-26-21(15)27-17-7-13(6-16(17)23)10-32-34(24,30)31/h2-5,8-9,11-13,16-17H,6-7,10H2,1H3,(H2,24,30,31)(H,25,26,27)/t12?,13-,16+,17-/m1/s1. The number of carbonyl (C=O) groups is 1. The number of rotatable bonds is 9. The molecule has 4 atom stereocenters. The molecule has 0 aliphatic heterocycles. The predicted molar refractivity (Wildman–Crippen MR) is 122 cm³/mol. The van der Waals surface area contributed by atoms with Gasteiger partial charge in [0.25, 0.3) is 0 Å². The van der Waals surface area contributed by atoms with Crippen molar-refractivity contribution in [2.45, 2.75) is 38.0 Å². The first-order valence-electron chi connectivity index (χ1n) is 10.5. The fraction of sp³-hybridized carbons (Fsp3) is 0.381. The molecule has 1 saturated carbocycles. The Bertz CT molecular complexity index is 1280. The minimum absolute atomic E-state index is 0.0963. The molecule has 3 aromatic heterocycles. The van der Waals surface area contributed by atoms with Gasteiger partial charge in [-0.25, -0.2) is 19.5 Å². The van der Waals surface area contributed by atoms with E-state index >= 15 is 0 Å². The van der Waals surface area contributed by atoms with Crippen molar-refractivity contribution >= 4 is 33.5 Å². The van der Waals surface area contributed by atoms with Crippen molar-refractivity contribution in [2.75, 3.05) is 11.9 Å². The van der Waals surface area contributed by atoms with Crippen LogP contribution < -0.4 is 10.5 Å². The number of anilines is 1. The Labute approximate surface area is 200 Å². The number of hydrogen-bond acceptors (Lipinski definition) is 8. The number of ketones is 1. The highest BCUT2D eigenvalue weighted by molar-refractivity contribution is 7.84. The molecule has 0 saturated heterocycles. The zero-order valence-corrected chi connectivity index (χ0v) is 19.7. The van der Waals surface area contributed by atoms with Gasteiger partial charge in [0.15, 0.2) is 11.0 Å². The van der Waals surface area contributed by atoms with Crippen LogP contribution in [0.2, 0.25) is 5.22 Å². The lowest BCUT2D eigenvalue weighted by molar-refractivity contribution is 0.103. The minimum atomic E-state index is -4.10. The summed E-state index contributed by atoms with van der Waals surface area (Å²) in [5.41, 5.74) is 0.579. The van der Waals surface area contributed by atoms with E-state index < -0.39 is 22.5 Å². The van der Waals surface area contributed by atoms with Crippen molar-refractivity contribution < 1.29 is 26.2 Å². The average Bonchev–Trinajstić information content (AvgIpc) is 3.52. The summed E-state index contributed by atoms with van der Waals surface area (Å²) in [6.45, 7) is 1.69. The van der Waals surface area contributed by atoms with Gasteiger partial charge in [0.1, 0.15) is 24.1 Å². The molecule has 34 heavy (non-hydrogen) atoms. The van der Waals surface area contributed by atoms with E-state index in [-0.39, 0.29) is 53.8 Å². The first-order valence-corrected chi connectivity index (χ1v) is 12.3. The first-order chi connectivity index (χ1) is 16.1. The maximum absolute atomic E-state index is 14.6. The summed E-state index contributed by atoms with van der Waals surface area (Å²) in [4.78, 5) is 21.3. The number of nitrogens with two attached hydrogens (primary N) is 1. The van der Waals surface area contributed by atoms with Crippen molar-refractivity contribution in [1.82, 2.24) is 14.5 Å². The highest BCUT2D eigenvalue weighted by Crippen LogP contribution is 2.32. The predicted octanol–water partition coefficient (Wildman–Crippen LogP) is 3.11. The summed E-state index contributed by atoms with van der Waals surface area (Å²) in [7, 11) is -4.10. The minimum Gasteiger partial charge on any atom is -0.448 e. The van der Waals surface area contributed by atoms with E-state index in [0.717, 1.165) is 0 Å². The SMILES string of the molecule is CC(c1ccc(Cl)o1)n1ccc(C(=O)c2cncnc2N[C@@H]2C[C@H](COS(N)(=O)=O)C[C@@H]2F)c1.